The van der Waals surface area contributed by atoms with Gasteiger partial charge in [0.2, 0.25) is 0 Å². The summed E-state index contributed by atoms with van der Waals surface area (Å²) in [7, 11) is 0. The molecule has 29 heavy (non-hydrogen) atoms. The number of aliphatic hydroxyl groups excluding tert-OH is 2. The van der Waals surface area contributed by atoms with Gasteiger partial charge in [-0.05, 0) is 45.8 Å². The molecule has 5 heteroatoms. The summed E-state index contributed by atoms with van der Waals surface area (Å²) in [5.41, 5.74) is 0. The standard InChI is InChI=1S/2C10H8O.C4H11NO2/c2*11-10-6-5-8-3-1-2-4-9(8)7-10;6-3-1-5-2-4-7/h2*1-7,11H;5-7H,1-4H2. The molecule has 0 aliphatic rings. The zero-order valence-electron chi connectivity index (χ0n) is 16.2. The number of hydrogen-bond donors (Lipinski definition) is 5. The molecule has 0 fully saturated rings. The Bertz CT molecular complexity index is 923. The van der Waals surface area contributed by atoms with Crippen LogP contribution in [0.5, 0.6) is 11.5 Å². The molecule has 4 aromatic rings. The van der Waals surface area contributed by atoms with Gasteiger partial charge in [-0.2, -0.15) is 0 Å². The Labute approximate surface area is 170 Å². The Morgan fingerprint density at radius 1 is 0.517 bits per heavy atom. The van der Waals surface area contributed by atoms with E-state index in [0.717, 1.165) is 21.5 Å². The van der Waals surface area contributed by atoms with Crippen LogP contribution in [0.3, 0.4) is 0 Å². The molecule has 0 atom stereocenters. The van der Waals surface area contributed by atoms with E-state index >= 15 is 0 Å². The van der Waals surface area contributed by atoms with E-state index in [1.54, 1.807) is 24.3 Å². The Hall–Kier alpha value is -3.12. The van der Waals surface area contributed by atoms with Gasteiger partial charge in [0.1, 0.15) is 11.5 Å². The Morgan fingerprint density at radius 3 is 1.28 bits per heavy atom. The zero-order valence-corrected chi connectivity index (χ0v) is 16.2. The van der Waals surface area contributed by atoms with E-state index in [1.807, 2.05) is 60.7 Å². The lowest BCUT2D eigenvalue weighted by Crippen LogP contribution is -2.21. The molecule has 0 aliphatic heterocycles. The zero-order chi connectivity index (χ0) is 20.9. The van der Waals surface area contributed by atoms with Crippen LogP contribution in [-0.2, 0) is 0 Å². The van der Waals surface area contributed by atoms with E-state index in [0.29, 0.717) is 24.6 Å². The summed E-state index contributed by atoms with van der Waals surface area (Å²) in [6.45, 7) is 1.42. The Morgan fingerprint density at radius 2 is 0.897 bits per heavy atom. The number of hydrogen-bond acceptors (Lipinski definition) is 5. The molecule has 0 radical (unpaired) electrons. The van der Waals surface area contributed by atoms with Crippen molar-refractivity contribution in [2.45, 2.75) is 0 Å². The minimum atomic E-state index is 0.139. The molecule has 0 spiro atoms. The van der Waals surface area contributed by atoms with E-state index in [1.165, 1.54) is 0 Å². The van der Waals surface area contributed by atoms with Crippen molar-refractivity contribution in [1.82, 2.24) is 5.32 Å². The summed E-state index contributed by atoms with van der Waals surface area (Å²) in [5.74, 6) is 0.646. The maximum absolute atomic E-state index is 9.13. The molecule has 0 saturated carbocycles. The molecule has 0 bridgehead atoms. The third-order valence-electron chi connectivity index (χ3n) is 4.04. The van der Waals surface area contributed by atoms with Crippen molar-refractivity contribution in [2.75, 3.05) is 26.3 Å². The van der Waals surface area contributed by atoms with Crippen molar-refractivity contribution < 1.29 is 20.4 Å². The van der Waals surface area contributed by atoms with Crippen molar-refractivity contribution >= 4 is 21.5 Å². The largest absolute Gasteiger partial charge is 0.508 e. The molecular formula is C24H27NO4. The van der Waals surface area contributed by atoms with E-state index in [9.17, 15) is 0 Å². The molecule has 5 nitrogen and oxygen atoms in total. The van der Waals surface area contributed by atoms with Crippen molar-refractivity contribution in [3.63, 3.8) is 0 Å². The van der Waals surface area contributed by atoms with Gasteiger partial charge < -0.3 is 25.7 Å². The number of aromatic hydroxyl groups is 2. The van der Waals surface area contributed by atoms with E-state index in [4.69, 9.17) is 20.4 Å². The summed E-state index contributed by atoms with van der Waals surface area (Å²) in [5, 5.41) is 41.8. The number of rotatable bonds is 4. The van der Waals surface area contributed by atoms with Gasteiger partial charge >= 0.3 is 0 Å². The van der Waals surface area contributed by atoms with Gasteiger partial charge in [0, 0.05) is 13.1 Å². The molecule has 0 saturated heterocycles. The normalized spacial score (nSPS) is 10.0. The second kappa shape index (κ2) is 12.4. The van der Waals surface area contributed by atoms with Crippen LogP contribution in [0.2, 0.25) is 0 Å². The van der Waals surface area contributed by atoms with Crippen LogP contribution < -0.4 is 5.32 Å². The molecule has 152 valence electrons. The fourth-order valence-electron chi connectivity index (χ4n) is 2.64. The van der Waals surface area contributed by atoms with E-state index in [-0.39, 0.29) is 13.2 Å². The first-order valence-corrected chi connectivity index (χ1v) is 9.42. The summed E-state index contributed by atoms with van der Waals surface area (Å²) in [4.78, 5) is 0. The van der Waals surface area contributed by atoms with Crippen LogP contribution in [0.25, 0.3) is 21.5 Å². The summed E-state index contributed by atoms with van der Waals surface area (Å²) in [6.07, 6.45) is 0. The van der Waals surface area contributed by atoms with Gasteiger partial charge in [0.15, 0.2) is 0 Å². The van der Waals surface area contributed by atoms with Crippen LogP contribution in [0.1, 0.15) is 0 Å². The van der Waals surface area contributed by atoms with Gasteiger partial charge in [0.25, 0.3) is 0 Å². The lowest BCUT2D eigenvalue weighted by molar-refractivity contribution is 0.266. The number of aliphatic hydroxyl groups is 2. The van der Waals surface area contributed by atoms with Crippen LogP contribution in [0.15, 0.2) is 84.9 Å². The molecular weight excluding hydrogens is 366 g/mol. The number of fused-ring (bicyclic) bond motifs is 2. The molecule has 0 amide bonds. The first-order valence-electron chi connectivity index (χ1n) is 9.42. The average Bonchev–Trinajstić information content (AvgIpc) is 2.75. The van der Waals surface area contributed by atoms with Gasteiger partial charge in [-0.25, -0.2) is 0 Å². The van der Waals surface area contributed by atoms with Gasteiger partial charge in [0.05, 0.1) is 13.2 Å². The van der Waals surface area contributed by atoms with Crippen molar-refractivity contribution in [2.24, 2.45) is 0 Å². The minimum absolute atomic E-state index is 0.139. The predicted octanol–water partition coefficient (Wildman–Crippen LogP) is 3.65. The summed E-state index contributed by atoms with van der Waals surface area (Å²) >= 11 is 0. The molecule has 0 unspecified atom stereocenters. The van der Waals surface area contributed by atoms with Crippen molar-refractivity contribution in [1.29, 1.82) is 0 Å². The Balaban J connectivity index is 0.000000161. The minimum Gasteiger partial charge on any atom is -0.508 e. The lowest BCUT2D eigenvalue weighted by Gasteiger charge is -1.96. The summed E-state index contributed by atoms with van der Waals surface area (Å²) in [6, 6.07) is 26.6. The van der Waals surface area contributed by atoms with E-state index in [2.05, 4.69) is 5.32 Å². The highest BCUT2D eigenvalue weighted by atomic mass is 16.3. The number of benzene rings is 4. The number of phenolic OH excluding ortho intramolecular Hbond substituents is 2. The third-order valence-corrected chi connectivity index (χ3v) is 4.04. The average molecular weight is 393 g/mol. The van der Waals surface area contributed by atoms with Crippen LogP contribution in [0, 0.1) is 0 Å². The number of nitrogens with one attached hydrogen (secondary N) is 1. The first-order chi connectivity index (χ1) is 14.1. The molecule has 0 heterocycles. The topological polar surface area (TPSA) is 93.0 Å². The van der Waals surface area contributed by atoms with Crippen LogP contribution >= 0.6 is 0 Å². The van der Waals surface area contributed by atoms with Crippen molar-refractivity contribution in [3.8, 4) is 11.5 Å². The quantitative estimate of drug-likeness (QED) is 0.341. The lowest BCUT2D eigenvalue weighted by atomic mass is 10.1. The number of phenols is 2. The maximum Gasteiger partial charge on any atom is 0.116 e. The van der Waals surface area contributed by atoms with E-state index < -0.39 is 0 Å². The first kappa shape index (κ1) is 22.2. The molecule has 4 rings (SSSR count). The molecule has 0 aliphatic carbocycles. The SMILES string of the molecule is OCCNCCO.Oc1ccc2ccccc2c1.Oc1ccc2ccccc2c1. The highest BCUT2D eigenvalue weighted by Gasteiger charge is 1.92. The van der Waals surface area contributed by atoms with Crippen LogP contribution in [0.4, 0.5) is 0 Å². The van der Waals surface area contributed by atoms with Crippen molar-refractivity contribution in [3.05, 3.63) is 84.9 Å². The second-order valence-electron chi connectivity index (χ2n) is 6.26. The second-order valence-corrected chi connectivity index (χ2v) is 6.26. The molecule has 4 aromatic carbocycles. The van der Waals surface area contributed by atoms with Gasteiger partial charge in [-0.3, -0.25) is 0 Å². The van der Waals surface area contributed by atoms with Gasteiger partial charge in [-0.15, -0.1) is 0 Å². The maximum atomic E-state index is 9.13. The fourth-order valence-corrected chi connectivity index (χ4v) is 2.64. The molecule has 0 aromatic heterocycles. The highest BCUT2D eigenvalue weighted by Crippen LogP contribution is 2.19. The predicted molar refractivity (Wildman–Crippen MR) is 118 cm³/mol. The third kappa shape index (κ3) is 7.79. The summed E-state index contributed by atoms with van der Waals surface area (Å²) < 4.78 is 0. The highest BCUT2D eigenvalue weighted by molar-refractivity contribution is 5.84. The van der Waals surface area contributed by atoms with Gasteiger partial charge in [-0.1, -0.05) is 60.7 Å². The van der Waals surface area contributed by atoms with Crippen LogP contribution in [-0.4, -0.2) is 46.7 Å². The smallest absolute Gasteiger partial charge is 0.116 e. The monoisotopic (exact) mass is 393 g/mol. The fraction of sp³-hybridized carbons (Fsp3) is 0.167. The molecule has 5 N–H and O–H groups in total. The Kier molecular flexibility index (Phi) is 9.45.